The second-order valence-electron chi connectivity index (χ2n) is 8.35. The minimum Gasteiger partial charge on any atom is -0.494 e. The zero-order valence-corrected chi connectivity index (χ0v) is 21.0. The lowest BCUT2D eigenvalue weighted by Crippen LogP contribution is -2.33. The molecular weight excluding hydrogens is 476 g/mol. The van der Waals surface area contributed by atoms with Gasteiger partial charge in [-0.2, -0.15) is 12.7 Å². The number of anilines is 1. The first-order valence-electron chi connectivity index (χ1n) is 11.8. The maximum Gasteiger partial charge on any atom is 0.304 e. The Morgan fingerprint density at radius 1 is 1.12 bits per heavy atom. The number of unbranched alkanes of at least 4 members (excludes halogenated alkanes) is 2. The van der Waals surface area contributed by atoms with E-state index in [-0.39, 0.29) is 5.15 Å². The predicted octanol–water partition coefficient (Wildman–Crippen LogP) is 4.43. The maximum atomic E-state index is 12.9. The molecule has 34 heavy (non-hydrogen) atoms. The number of nitrogens with zero attached hydrogens (tertiary/aromatic N) is 4. The normalized spacial score (nSPS) is 18.8. The summed E-state index contributed by atoms with van der Waals surface area (Å²) in [5, 5.41) is 4.54. The van der Waals surface area contributed by atoms with Gasteiger partial charge in [-0.15, -0.1) is 0 Å². The smallest absolute Gasteiger partial charge is 0.304 e. The number of aromatic nitrogens is 1. The molecule has 8 nitrogen and oxygen atoms in total. The number of ether oxygens (including phenoxy) is 1. The van der Waals surface area contributed by atoms with E-state index in [9.17, 15) is 8.42 Å². The predicted molar refractivity (Wildman–Crippen MR) is 134 cm³/mol. The number of pyridine rings is 1. The van der Waals surface area contributed by atoms with Crippen LogP contribution < -0.4 is 9.04 Å². The van der Waals surface area contributed by atoms with Crippen molar-refractivity contribution in [3.63, 3.8) is 0 Å². The second kappa shape index (κ2) is 11.4. The first-order valence-corrected chi connectivity index (χ1v) is 13.6. The lowest BCUT2D eigenvalue weighted by molar-refractivity contribution is 0.158. The van der Waals surface area contributed by atoms with E-state index >= 15 is 0 Å². The zero-order chi connectivity index (χ0) is 24.0. The summed E-state index contributed by atoms with van der Waals surface area (Å²) < 4.78 is 34.6. The van der Waals surface area contributed by atoms with Gasteiger partial charge in [0.15, 0.2) is 0 Å². The Morgan fingerprint density at radius 2 is 2.00 bits per heavy atom. The van der Waals surface area contributed by atoms with Gasteiger partial charge in [0.25, 0.3) is 0 Å². The lowest BCUT2D eigenvalue weighted by atomic mass is 9.90. The van der Waals surface area contributed by atoms with Crippen LogP contribution in [0.25, 0.3) is 0 Å². The Morgan fingerprint density at radius 3 is 2.82 bits per heavy atom. The molecule has 0 saturated carbocycles. The van der Waals surface area contributed by atoms with E-state index in [1.807, 2.05) is 13.0 Å². The summed E-state index contributed by atoms with van der Waals surface area (Å²) in [7, 11) is -3.52. The lowest BCUT2D eigenvalue weighted by Gasteiger charge is -2.20. The first kappa shape index (κ1) is 24.8. The highest BCUT2D eigenvalue weighted by molar-refractivity contribution is 7.90. The molecule has 0 bridgehead atoms. The fourth-order valence-corrected chi connectivity index (χ4v) is 6.14. The molecule has 0 spiro atoms. The van der Waals surface area contributed by atoms with Crippen LogP contribution in [0.1, 0.15) is 50.2 Å². The number of rotatable bonds is 10. The van der Waals surface area contributed by atoms with E-state index < -0.39 is 10.2 Å². The van der Waals surface area contributed by atoms with Crippen molar-refractivity contribution in [1.82, 2.24) is 9.29 Å². The van der Waals surface area contributed by atoms with Crippen LogP contribution in [-0.2, 0) is 21.5 Å². The van der Waals surface area contributed by atoms with Gasteiger partial charge in [-0.25, -0.2) is 4.98 Å². The van der Waals surface area contributed by atoms with Crippen LogP contribution in [-0.4, -0.2) is 56.3 Å². The van der Waals surface area contributed by atoms with Gasteiger partial charge in [-0.05, 0) is 81.3 Å². The maximum absolute atomic E-state index is 12.9. The highest BCUT2D eigenvalue weighted by atomic mass is 35.5. The summed E-state index contributed by atoms with van der Waals surface area (Å²) in [6.07, 6.45) is 7.09. The Labute approximate surface area is 206 Å². The molecule has 1 fully saturated rings. The molecule has 4 rings (SSSR count). The number of oxime groups is 1. The molecule has 1 saturated heterocycles. The second-order valence-corrected chi connectivity index (χ2v) is 10.6. The van der Waals surface area contributed by atoms with E-state index in [2.05, 4.69) is 22.3 Å². The van der Waals surface area contributed by atoms with Gasteiger partial charge in [0, 0.05) is 31.4 Å². The fraction of sp³-hybridized carbons (Fsp3) is 0.500. The summed E-state index contributed by atoms with van der Waals surface area (Å²) in [6, 6.07) is 9.40. The average Bonchev–Trinajstić information content (AvgIpc) is 3.13. The standard InChI is InChI=1S/C24H31ClN4O4S/c1-2-33-27-23-8-6-7-19-17-21(9-10-22(19)23)32-16-5-3-4-13-28-14-15-29(34(28,30)31)20-11-12-26-24(25)18-20/h9-12,17-18H,2-8,13-16H2,1H3/b27-23+. The Kier molecular flexibility index (Phi) is 8.28. The first-order chi connectivity index (χ1) is 16.5. The van der Waals surface area contributed by atoms with Gasteiger partial charge >= 0.3 is 10.2 Å². The van der Waals surface area contributed by atoms with E-state index in [1.165, 1.54) is 20.4 Å². The van der Waals surface area contributed by atoms with Gasteiger partial charge in [-0.1, -0.05) is 16.8 Å². The van der Waals surface area contributed by atoms with E-state index in [0.717, 1.165) is 55.5 Å². The monoisotopic (exact) mass is 506 g/mol. The number of fused-ring (bicyclic) bond motifs is 1. The summed E-state index contributed by atoms with van der Waals surface area (Å²) in [5.41, 5.74) is 3.97. The van der Waals surface area contributed by atoms with Gasteiger partial charge < -0.3 is 9.57 Å². The summed E-state index contributed by atoms with van der Waals surface area (Å²) in [6.45, 7) is 4.50. The van der Waals surface area contributed by atoms with Crippen LogP contribution in [0.4, 0.5) is 5.69 Å². The Balaban J connectivity index is 1.21. The molecule has 2 aromatic rings. The summed E-state index contributed by atoms with van der Waals surface area (Å²) >= 11 is 5.92. The summed E-state index contributed by atoms with van der Waals surface area (Å²) in [4.78, 5) is 9.17. The van der Waals surface area contributed by atoms with Crippen LogP contribution in [0.3, 0.4) is 0 Å². The molecular formula is C24H31ClN4O4S. The molecule has 2 aliphatic rings. The molecule has 0 unspecified atom stereocenters. The molecule has 1 aliphatic carbocycles. The van der Waals surface area contributed by atoms with Crippen LogP contribution in [0.15, 0.2) is 41.7 Å². The third-order valence-electron chi connectivity index (χ3n) is 6.03. The van der Waals surface area contributed by atoms with Crippen LogP contribution >= 0.6 is 11.6 Å². The van der Waals surface area contributed by atoms with Crippen molar-refractivity contribution in [3.05, 3.63) is 52.8 Å². The highest BCUT2D eigenvalue weighted by Gasteiger charge is 2.36. The van der Waals surface area contributed by atoms with Crippen LogP contribution in [0.5, 0.6) is 5.75 Å². The molecule has 1 aliphatic heterocycles. The van der Waals surface area contributed by atoms with Crippen molar-refractivity contribution in [2.45, 2.75) is 45.4 Å². The molecule has 1 aromatic carbocycles. The average molecular weight is 507 g/mol. The number of hydrogen-bond acceptors (Lipinski definition) is 6. The Hall–Kier alpha value is -2.36. The quantitative estimate of drug-likeness (QED) is 0.270. The van der Waals surface area contributed by atoms with Crippen molar-refractivity contribution in [2.75, 3.05) is 37.2 Å². The number of hydrogen-bond donors (Lipinski definition) is 0. The SMILES string of the molecule is CCO/N=C1\CCCc2cc(OCCCCCN3CCN(c4ccnc(Cl)c4)S3(=O)=O)ccc21. The van der Waals surface area contributed by atoms with Crippen molar-refractivity contribution in [2.24, 2.45) is 5.16 Å². The van der Waals surface area contributed by atoms with Crippen LogP contribution in [0.2, 0.25) is 5.15 Å². The number of halogens is 1. The van der Waals surface area contributed by atoms with E-state index in [4.69, 9.17) is 21.2 Å². The molecule has 1 aromatic heterocycles. The fourth-order valence-electron chi connectivity index (χ4n) is 4.33. The minimum atomic E-state index is -3.52. The molecule has 0 amide bonds. The highest BCUT2D eigenvalue weighted by Crippen LogP contribution is 2.28. The largest absolute Gasteiger partial charge is 0.494 e. The molecule has 0 radical (unpaired) electrons. The van der Waals surface area contributed by atoms with E-state index in [1.54, 1.807) is 12.1 Å². The van der Waals surface area contributed by atoms with Crippen molar-refractivity contribution >= 4 is 33.2 Å². The van der Waals surface area contributed by atoms with Gasteiger partial charge in [0.05, 0.1) is 18.0 Å². The Bertz CT molecular complexity index is 1130. The minimum absolute atomic E-state index is 0.282. The zero-order valence-electron chi connectivity index (χ0n) is 19.5. The molecule has 2 heterocycles. The van der Waals surface area contributed by atoms with Gasteiger partial charge in [-0.3, -0.25) is 4.31 Å². The molecule has 10 heteroatoms. The molecule has 0 N–H and O–H groups in total. The van der Waals surface area contributed by atoms with Gasteiger partial charge in [0.2, 0.25) is 0 Å². The number of aryl methyl sites for hydroxylation is 1. The van der Waals surface area contributed by atoms with Crippen molar-refractivity contribution in [1.29, 1.82) is 0 Å². The third kappa shape index (κ3) is 5.82. The van der Waals surface area contributed by atoms with Crippen LogP contribution in [0, 0.1) is 0 Å². The van der Waals surface area contributed by atoms with Gasteiger partial charge in [0.1, 0.15) is 17.5 Å². The van der Waals surface area contributed by atoms with Crippen molar-refractivity contribution in [3.8, 4) is 5.75 Å². The number of benzene rings is 1. The van der Waals surface area contributed by atoms with Crippen molar-refractivity contribution < 1.29 is 18.0 Å². The third-order valence-corrected chi connectivity index (χ3v) is 8.20. The van der Waals surface area contributed by atoms with E-state index in [0.29, 0.717) is 38.5 Å². The molecule has 0 atom stereocenters. The topological polar surface area (TPSA) is 84.3 Å². The molecule has 184 valence electrons. The summed E-state index contributed by atoms with van der Waals surface area (Å²) in [5.74, 6) is 0.866.